The van der Waals surface area contributed by atoms with E-state index in [4.69, 9.17) is 22.9 Å². The van der Waals surface area contributed by atoms with E-state index in [0.717, 1.165) is 0 Å². The Morgan fingerprint density at radius 1 is 0.688 bits per heavy atom. The number of carboxylic acid groups (broad SMARTS) is 1. The van der Waals surface area contributed by atoms with Crippen LogP contribution < -0.4 is 60.2 Å². The summed E-state index contributed by atoms with van der Waals surface area (Å²) in [6.07, 6.45) is 5.85. The average Bonchev–Trinajstić information content (AvgIpc) is 1.82. The molecule has 19 N–H and O–H groups in total. The molecule has 1 aliphatic rings. The van der Waals surface area contributed by atoms with Crippen molar-refractivity contribution in [2.75, 3.05) is 13.1 Å². The Kier molecular flexibility index (Phi) is 28.6. The number of phenols is 1. The third-order valence-corrected chi connectivity index (χ3v) is 16.1. The van der Waals surface area contributed by atoms with Crippen molar-refractivity contribution >= 4 is 70.8 Å². The van der Waals surface area contributed by atoms with Crippen LogP contribution in [0, 0.1) is 23.7 Å². The predicted octanol–water partition coefficient (Wildman–Crippen LogP) is -0.671. The summed E-state index contributed by atoms with van der Waals surface area (Å²) in [5, 5.41) is 38.5. The molecule has 30 nitrogen and oxygen atoms in total. The molecule has 1 aliphatic heterocycles. The highest BCUT2D eigenvalue weighted by atomic mass is 16.4. The van der Waals surface area contributed by atoms with E-state index < -0.39 is 144 Å². The maximum Gasteiger partial charge on any atom is 0.305 e. The number of carbonyl (C=O) groups excluding carboxylic acids is 10. The molecule has 0 saturated carbocycles. The van der Waals surface area contributed by atoms with Crippen LogP contribution in [0.2, 0.25) is 0 Å². The zero-order chi connectivity index (χ0) is 68.6. The fourth-order valence-corrected chi connectivity index (χ4v) is 10.8. The highest BCUT2D eigenvalue weighted by molar-refractivity contribution is 6.00. The van der Waals surface area contributed by atoms with Gasteiger partial charge in [-0.1, -0.05) is 90.4 Å². The number of likely N-dealkylation sites (tertiary alicyclic amines) is 1. The lowest BCUT2D eigenvalue weighted by atomic mass is 9.83. The molecule has 0 spiro atoms. The van der Waals surface area contributed by atoms with E-state index in [2.05, 4.69) is 62.1 Å². The van der Waals surface area contributed by atoms with Crippen LogP contribution in [0.5, 0.6) is 5.75 Å². The maximum absolute atomic E-state index is 15.1. The number of phenolic OH excluding ortho intramolecular Hbond substituents is 1. The molecule has 0 bridgehead atoms. The number of rotatable bonds is 37. The zero-order valence-corrected chi connectivity index (χ0v) is 53.6. The standard InChI is InChI=1S/C63H91N17O13/c1-8-35(6)52(78-61(92)53(38-18-20-41(82)21-19-38)79-59(90)51(34(4)5)77-56(87)44(16-12-22-70-63(66)67)73-55(86)43(64)28-49(83)84)60(91)76-47(27-40-30-69-32-72-40)62(93)80-23-13-17-48(80)58(89)75-46(25-37-14-10-9-11-15-37)57(88)74-45(26-39-29-68-31-71-39)54(85)50(65)42(36(7)81)24-33(2)3/h9-11,14-15,18-21,29-35,42-48,50-53,82H,8,12-13,16-17,22-28,64-65H2,1-7H3,(H,68,71)(H,69,72)(H,73,86)(H,74,88)(H,75,89)(H,76,91)(H,77,87)(H,78,92)(H,79,90)(H,83,84)(H4,66,67,70). The first-order chi connectivity index (χ1) is 44.1. The summed E-state index contributed by atoms with van der Waals surface area (Å²) in [6, 6.07) is 0.322. The van der Waals surface area contributed by atoms with Crippen molar-refractivity contribution in [1.29, 1.82) is 0 Å². The number of carbonyl (C=O) groups is 11. The number of nitrogens with zero attached hydrogens (tertiary/aromatic N) is 4. The number of guanidine groups is 1. The Morgan fingerprint density at radius 2 is 1.27 bits per heavy atom. The number of nitrogens with two attached hydrogens (primary N) is 4. The minimum absolute atomic E-state index is 0.0169. The van der Waals surface area contributed by atoms with Crippen molar-refractivity contribution in [2.24, 2.45) is 51.6 Å². The third-order valence-electron chi connectivity index (χ3n) is 16.1. The van der Waals surface area contributed by atoms with E-state index in [1.54, 1.807) is 58.0 Å². The average molecular weight is 1290 g/mol. The van der Waals surface area contributed by atoms with Gasteiger partial charge in [-0.25, -0.2) is 9.97 Å². The predicted molar refractivity (Wildman–Crippen MR) is 341 cm³/mol. The van der Waals surface area contributed by atoms with Crippen LogP contribution in [0.25, 0.3) is 0 Å². The number of benzene rings is 2. The molecule has 93 heavy (non-hydrogen) atoms. The van der Waals surface area contributed by atoms with E-state index in [-0.39, 0.29) is 80.6 Å². The van der Waals surface area contributed by atoms with Crippen molar-refractivity contribution in [3.8, 4) is 5.75 Å². The van der Waals surface area contributed by atoms with Crippen LogP contribution in [-0.2, 0) is 72.0 Å². The van der Waals surface area contributed by atoms with E-state index >= 15 is 4.79 Å². The monoisotopic (exact) mass is 1290 g/mol. The van der Waals surface area contributed by atoms with Gasteiger partial charge in [-0.15, -0.1) is 0 Å². The smallest absolute Gasteiger partial charge is 0.305 e. The van der Waals surface area contributed by atoms with Crippen LogP contribution >= 0.6 is 0 Å². The highest BCUT2D eigenvalue weighted by Crippen LogP contribution is 2.24. The van der Waals surface area contributed by atoms with Crippen LogP contribution in [0.15, 0.2) is 84.6 Å². The van der Waals surface area contributed by atoms with Gasteiger partial charge >= 0.3 is 5.97 Å². The van der Waals surface area contributed by atoms with Gasteiger partial charge in [0.1, 0.15) is 53.8 Å². The van der Waals surface area contributed by atoms with Gasteiger partial charge in [0, 0.05) is 62.1 Å². The number of aliphatic imine (C=N–C) groups is 1. The number of aliphatic carboxylic acids is 1. The number of aromatic nitrogens is 4. The van der Waals surface area contributed by atoms with Crippen LogP contribution in [-0.4, -0.2) is 173 Å². The quantitative estimate of drug-likeness (QED) is 0.0151. The summed E-state index contributed by atoms with van der Waals surface area (Å²) in [7, 11) is 0. The molecular formula is C63H91N17O13. The minimum Gasteiger partial charge on any atom is -0.508 e. The molecule has 12 atom stereocenters. The number of ketones is 2. The van der Waals surface area contributed by atoms with Crippen LogP contribution in [0.1, 0.15) is 122 Å². The number of H-pyrrole nitrogens is 2. The van der Waals surface area contributed by atoms with E-state index in [1.165, 1.54) is 61.1 Å². The van der Waals surface area contributed by atoms with Gasteiger partial charge in [-0.3, -0.25) is 57.7 Å². The van der Waals surface area contributed by atoms with E-state index in [9.17, 15) is 58.2 Å². The Morgan fingerprint density at radius 3 is 1.83 bits per heavy atom. The summed E-state index contributed by atoms with van der Waals surface area (Å²) in [6.45, 7) is 11.9. The van der Waals surface area contributed by atoms with Gasteiger partial charge in [0.05, 0.1) is 37.2 Å². The first kappa shape index (κ1) is 74.2. The van der Waals surface area contributed by atoms with Crippen molar-refractivity contribution in [3.63, 3.8) is 0 Å². The lowest BCUT2D eigenvalue weighted by Gasteiger charge is -2.32. The summed E-state index contributed by atoms with van der Waals surface area (Å²) in [5.41, 5.74) is 24.9. The lowest BCUT2D eigenvalue weighted by molar-refractivity contribution is -0.142. The second kappa shape index (κ2) is 35.9. The summed E-state index contributed by atoms with van der Waals surface area (Å²) in [4.78, 5) is 173. The Labute approximate surface area is 539 Å². The fraction of sp³-hybridized carbons (Fsp3) is 0.524. The minimum atomic E-state index is -1.60. The molecule has 0 aliphatic carbocycles. The number of imidazole rings is 2. The van der Waals surface area contributed by atoms with Crippen LogP contribution in [0.3, 0.4) is 0 Å². The molecule has 506 valence electrons. The molecular weight excluding hydrogens is 1200 g/mol. The number of hydrogen-bond acceptors (Lipinski definition) is 17. The third kappa shape index (κ3) is 22.6. The first-order valence-corrected chi connectivity index (χ1v) is 31.1. The van der Waals surface area contributed by atoms with Gasteiger partial charge in [0.15, 0.2) is 11.7 Å². The number of Topliss-reactive ketones (excluding diaryl/α,β-unsaturated/α-hetero) is 2. The topological polar surface area (TPSA) is 489 Å². The molecule has 5 rings (SSSR count). The zero-order valence-electron chi connectivity index (χ0n) is 53.6. The summed E-state index contributed by atoms with van der Waals surface area (Å²) >= 11 is 0. The van der Waals surface area contributed by atoms with E-state index in [0.29, 0.717) is 36.2 Å². The second-order valence-electron chi connectivity index (χ2n) is 24.2. The molecule has 1 fully saturated rings. The lowest BCUT2D eigenvalue weighted by Crippen LogP contribution is -2.61. The number of aromatic hydroxyl groups is 1. The fourth-order valence-electron chi connectivity index (χ4n) is 10.8. The molecule has 8 amide bonds. The molecule has 0 radical (unpaired) electrons. The van der Waals surface area contributed by atoms with Crippen molar-refractivity contribution in [3.05, 3.63) is 102 Å². The molecule has 2 aromatic heterocycles. The molecule has 30 heteroatoms. The number of nitrogens with one attached hydrogen (secondary N) is 9. The van der Waals surface area contributed by atoms with E-state index in [1.807, 2.05) is 13.8 Å². The molecule has 2 aromatic carbocycles. The molecule has 4 aromatic rings. The summed E-state index contributed by atoms with van der Waals surface area (Å²) < 4.78 is 0. The molecule has 3 heterocycles. The first-order valence-electron chi connectivity index (χ1n) is 31.1. The number of hydrogen-bond donors (Lipinski definition) is 15. The summed E-state index contributed by atoms with van der Waals surface area (Å²) in [5.74, 6) is -11.4. The van der Waals surface area contributed by atoms with Gasteiger partial charge in [0.2, 0.25) is 47.3 Å². The van der Waals surface area contributed by atoms with Crippen LogP contribution in [0.4, 0.5) is 0 Å². The Balaban J connectivity index is 1.41. The van der Waals surface area contributed by atoms with Crippen molar-refractivity contribution in [1.82, 2.24) is 62.1 Å². The normalized spacial score (nSPS) is 16.5. The van der Waals surface area contributed by atoms with Gasteiger partial charge in [0.25, 0.3) is 0 Å². The largest absolute Gasteiger partial charge is 0.508 e. The maximum atomic E-state index is 15.1. The molecule has 12 unspecified atom stereocenters. The van der Waals surface area contributed by atoms with Gasteiger partial charge in [-0.2, -0.15) is 0 Å². The number of aromatic amines is 2. The Bertz CT molecular complexity index is 3200. The van der Waals surface area contributed by atoms with Gasteiger partial charge < -0.3 is 85.2 Å². The number of amides is 8. The SMILES string of the molecule is CCC(C)C(NC(=O)C(NC(=O)C(NC(=O)C(CCCN=C(N)N)NC(=O)C(N)CC(=O)O)C(C)C)c1ccc(O)cc1)C(=O)NC(Cc1cnc[nH]1)C(=O)N1CCCC1C(=O)NC(Cc1ccccc1)C(=O)NC(Cc1cnc[nH]1)C(=O)C(N)C(CC(C)C)C(C)=O. The van der Waals surface area contributed by atoms with Gasteiger partial charge in [-0.05, 0) is 80.0 Å². The van der Waals surface area contributed by atoms with Crippen molar-refractivity contribution in [2.45, 2.75) is 173 Å². The highest BCUT2D eigenvalue weighted by Gasteiger charge is 2.42. The Hall–Kier alpha value is -9.58. The second-order valence-corrected chi connectivity index (χ2v) is 24.2. The molecule has 1 saturated heterocycles. The van der Waals surface area contributed by atoms with Crippen molar-refractivity contribution < 1.29 is 63.0 Å². The number of carboxylic acids is 1.